The molecular weight excluding hydrogens is 336 g/mol. The summed E-state index contributed by atoms with van der Waals surface area (Å²) in [7, 11) is 0. The Morgan fingerprint density at radius 3 is 2.73 bits per heavy atom. The highest BCUT2D eigenvalue weighted by Gasteiger charge is 2.20. The number of aryl methyl sites for hydroxylation is 1. The van der Waals surface area contributed by atoms with E-state index in [1.807, 2.05) is 19.1 Å². The van der Waals surface area contributed by atoms with Gasteiger partial charge < -0.3 is 9.55 Å². The molecule has 26 heavy (non-hydrogen) atoms. The molecule has 0 atom stereocenters. The van der Waals surface area contributed by atoms with Crippen molar-refractivity contribution in [2.75, 3.05) is 0 Å². The van der Waals surface area contributed by atoms with Crippen molar-refractivity contribution in [2.24, 2.45) is 0 Å². The smallest absolute Gasteiger partial charge is 0.263 e. The van der Waals surface area contributed by atoms with Crippen LogP contribution in [0.4, 0.5) is 8.78 Å². The molecule has 4 nitrogen and oxygen atoms in total. The second-order valence-corrected chi connectivity index (χ2v) is 6.25. The van der Waals surface area contributed by atoms with E-state index >= 15 is 0 Å². The molecule has 4 rings (SSSR count). The van der Waals surface area contributed by atoms with Crippen LogP contribution in [-0.4, -0.2) is 14.5 Å². The lowest BCUT2D eigenvalue weighted by atomic mass is 10.0. The second kappa shape index (κ2) is 6.05. The quantitative estimate of drug-likeness (QED) is 0.575. The van der Waals surface area contributed by atoms with Crippen molar-refractivity contribution in [3.05, 3.63) is 64.2 Å². The number of pyridine rings is 2. The number of alkyl halides is 2. The molecule has 1 N–H and O–H groups in total. The van der Waals surface area contributed by atoms with E-state index < -0.39 is 6.43 Å². The summed E-state index contributed by atoms with van der Waals surface area (Å²) >= 11 is 0. The summed E-state index contributed by atoms with van der Waals surface area (Å²) in [4.78, 5) is 20.4. The maximum Gasteiger partial charge on any atom is 0.263 e. The first-order valence-electron chi connectivity index (χ1n) is 8.40. The fraction of sp³-hybridized carbons (Fsp3) is 0.200. The van der Waals surface area contributed by atoms with Crippen molar-refractivity contribution < 1.29 is 8.78 Å². The molecule has 4 aromatic rings. The first-order valence-corrected chi connectivity index (χ1v) is 8.40. The molecule has 3 aromatic heterocycles. The molecule has 0 aliphatic heterocycles. The third-order valence-electron chi connectivity index (χ3n) is 4.77. The number of nitrogens with one attached hydrogen (secondary N) is 1. The molecule has 0 aliphatic carbocycles. The van der Waals surface area contributed by atoms with Gasteiger partial charge in [-0.3, -0.25) is 9.78 Å². The molecule has 0 amide bonds. The molecule has 0 bridgehead atoms. The van der Waals surface area contributed by atoms with Crippen LogP contribution in [0.3, 0.4) is 0 Å². The monoisotopic (exact) mass is 353 g/mol. The maximum atomic E-state index is 13.2. The number of benzene rings is 1. The summed E-state index contributed by atoms with van der Waals surface area (Å²) in [5, 5.41) is 0.627. The van der Waals surface area contributed by atoms with Gasteiger partial charge in [-0.1, -0.05) is 12.1 Å². The number of nitrogens with zero attached hydrogens (tertiary/aromatic N) is 2. The standard InChI is InChI=1S/C20H17F2N3O/c1-3-25-18-14-9-12(19(21)22)6-7-15(14)24-17(18)16(11(2)20(25)26)13-5-4-8-23-10-13/h4-10,19,24H,3H2,1-2H3. The summed E-state index contributed by atoms with van der Waals surface area (Å²) in [5.41, 5.74) is 4.14. The molecule has 0 fully saturated rings. The normalized spacial score (nSPS) is 11.7. The van der Waals surface area contributed by atoms with E-state index in [1.165, 1.54) is 12.1 Å². The average molecular weight is 353 g/mol. The van der Waals surface area contributed by atoms with Crippen LogP contribution in [0.2, 0.25) is 0 Å². The van der Waals surface area contributed by atoms with Crippen LogP contribution in [0, 0.1) is 6.92 Å². The highest BCUT2D eigenvalue weighted by atomic mass is 19.3. The van der Waals surface area contributed by atoms with E-state index in [0.29, 0.717) is 23.0 Å². The molecule has 0 unspecified atom stereocenters. The lowest BCUT2D eigenvalue weighted by Crippen LogP contribution is -2.22. The molecule has 0 aliphatic rings. The Bertz CT molecular complexity index is 1180. The molecule has 0 saturated heterocycles. The Morgan fingerprint density at radius 1 is 1.27 bits per heavy atom. The lowest BCUT2D eigenvalue weighted by Gasteiger charge is -2.13. The van der Waals surface area contributed by atoms with Crippen molar-refractivity contribution in [1.82, 2.24) is 14.5 Å². The zero-order valence-corrected chi connectivity index (χ0v) is 14.4. The van der Waals surface area contributed by atoms with Gasteiger partial charge in [-0.2, -0.15) is 0 Å². The Morgan fingerprint density at radius 2 is 2.08 bits per heavy atom. The lowest BCUT2D eigenvalue weighted by molar-refractivity contribution is 0.151. The molecule has 1 aromatic carbocycles. The number of H-pyrrole nitrogens is 1. The number of fused-ring (bicyclic) bond motifs is 3. The van der Waals surface area contributed by atoms with Crippen LogP contribution in [-0.2, 0) is 6.54 Å². The Kier molecular flexibility index (Phi) is 3.83. The second-order valence-electron chi connectivity index (χ2n) is 6.25. The van der Waals surface area contributed by atoms with E-state index in [1.54, 1.807) is 30.0 Å². The number of halogens is 2. The first kappa shape index (κ1) is 16.4. The number of hydrogen-bond donors (Lipinski definition) is 1. The predicted molar refractivity (Wildman–Crippen MR) is 98.7 cm³/mol. The molecule has 0 radical (unpaired) electrons. The van der Waals surface area contributed by atoms with E-state index in [0.717, 1.165) is 22.2 Å². The Hall–Kier alpha value is -3.02. The maximum absolute atomic E-state index is 13.2. The number of aromatic nitrogens is 3. The summed E-state index contributed by atoms with van der Waals surface area (Å²) in [6.07, 6.45) is 0.811. The van der Waals surface area contributed by atoms with Gasteiger partial charge in [-0.05, 0) is 32.0 Å². The number of hydrogen-bond acceptors (Lipinski definition) is 2. The van der Waals surface area contributed by atoms with Crippen LogP contribution in [0.15, 0.2) is 47.5 Å². The largest absolute Gasteiger partial charge is 0.353 e. The topological polar surface area (TPSA) is 50.7 Å². The van der Waals surface area contributed by atoms with E-state index in [2.05, 4.69) is 9.97 Å². The van der Waals surface area contributed by atoms with Crippen molar-refractivity contribution in [2.45, 2.75) is 26.8 Å². The average Bonchev–Trinajstić information content (AvgIpc) is 3.01. The van der Waals surface area contributed by atoms with Crippen LogP contribution in [0.25, 0.3) is 33.1 Å². The SMILES string of the molecule is CCn1c(=O)c(C)c(-c2cccnc2)c2[nH]c3ccc(C(F)F)cc3c21. The zero-order chi connectivity index (χ0) is 18.4. The van der Waals surface area contributed by atoms with Gasteiger partial charge in [0.25, 0.3) is 12.0 Å². The third kappa shape index (κ3) is 2.33. The van der Waals surface area contributed by atoms with Gasteiger partial charge in [-0.15, -0.1) is 0 Å². The van der Waals surface area contributed by atoms with Crippen molar-refractivity contribution >= 4 is 21.9 Å². The molecular formula is C20H17F2N3O. The minimum atomic E-state index is -2.56. The van der Waals surface area contributed by atoms with Crippen LogP contribution in [0.5, 0.6) is 0 Å². The number of rotatable bonds is 3. The van der Waals surface area contributed by atoms with E-state index in [9.17, 15) is 13.6 Å². The first-order chi connectivity index (χ1) is 12.5. The Labute approximate surface area is 148 Å². The summed E-state index contributed by atoms with van der Waals surface area (Å²) in [5.74, 6) is 0. The van der Waals surface area contributed by atoms with Crippen LogP contribution in [0.1, 0.15) is 24.5 Å². The summed E-state index contributed by atoms with van der Waals surface area (Å²) in [6, 6.07) is 8.22. The summed E-state index contributed by atoms with van der Waals surface area (Å²) < 4.78 is 28.0. The van der Waals surface area contributed by atoms with Gasteiger partial charge >= 0.3 is 0 Å². The van der Waals surface area contributed by atoms with E-state index in [-0.39, 0.29) is 11.1 Å². The number of aromatic amines is 1. The fourth-order valence-electron chi connectivity index (χ4n) is 3.56. The van der Waals surface area contributed by atoms with Gasteiger partial charge in [-0.25, -0.2) is 8.78 Å². The molecule has 0 spiro atoms. The minimum Gasteiger partial charge on any atom is -0.353 e. The van der Waals surface area contributed by atoms with Gasteiger partial charge in [0, 0.05) is 52.1 Å². The van der Waals surface area contributed by atoms with Crippen LogP contribution < -0.4 is 5.56 Å². The van der Waals surface area contributed by atoms with Crippen LogP contribution >= 0.6 is 0 Å². The van der Waals surface area contributed by atoms with Gasteiger partial charge in [0.15, 0.2) is 0 Å². The van der Waals surface area contributed by atoms with Gasteiger partial charge in [0.1, 0.15) is 0 Å². The highest BCUT2D eigenvalue weighted by Crippen LogP contribution is 2.35. The minimum absolute atomic E-state index is 0.0583. The fourth-order valence-corrected chi connectivity index (χ4v) is 3.56. The van der Waals surface area contributed by atoms with Gasteiger partial charge in [0.2, 0.25) is 0 Å². The van der Waals surface area contributed by atoms with Crippen molar-refractivity contribution in [1.29, 1.82) is 0 Å². The third-order valence-corrected chi connectivity index (χ3v) is 4.77. The predicted octanol–water partition coefficient (Wildman–Crippen LogP) is 4.81. The Balaban J connectivity index is 2.22. The summed E-state index contributed by atoms with van der Waals surface area (Å²) in [6.45, 7) is 4.11. The molecule has 0 saturated carbocycles. The van der Waals surface area contributed by atoms with Gasteiger partial charge in [0.05, 0.1) is 11.0 Å². The molecule has 132 valence electrons. The molecule has 6 heteroatoms. The van der Waals surface area contributed by atoms with Crippen molar-refractivity contribution in [3.8, 4) is 11.1 Å². The van der Waals surface area contributed by atoms with Crippen molar-refractivity contribution in [3.63, 3.8) is 0 Å². The van der Waals surface area contributed by atoms with E-state index in [4.69, 9.17) is 0 Å². The molecule has 3 heterocycles. The highest BCUT2D eigenvalue weighted by molar-refractivity contribution is 6.10. The zero-order valence-electron chi connectivity index (χ0n) is 14.4.